The normalized spacial score (nSPS) is 37.9. The Bertz CT molecular complexity index is 1180. The van der Waals surface area contributed by atoms with Crippen LogP contribution in [0.25, 0.3) is 0 Å². The fourth-order valence-electron chi connectivity index (χ4n) is 6.94. The number of hydrogen-bond donors (Lipinski definition) is 1. The van der Waals surface area contributed by atoms with Crippen molar-refractivity contribution >= 4 is 17.9 Å². The van der Waals surface area contributed by atoms with Crippen molar-refractivity contribution in [1.29, 1.82) is 0 Å². The van der Waals surface area contributed by atoms with Crippen molar-refractivity contribution in [2.45, 2.75) is 89.0 Å². The van der Waals surface area contributed by atoms with Crippen LogP contribution in [0.2, 0.25) is 0 Å². The van der Waals surface area contributed by atoms with Crippen LogP contribution < -0.4 is 0 Å². The van der Waals surface area contributed by atoms with Gasteiger partial charge < -0.3 is 32.9 Å². The molecule has 3 heterocycles. The van der Waals surface area contributed by atoms with Crippen LogP contribution >= 0.6 is 0 Å². The summed E-state index contributed by atoms with van der Waals surface area (Å²) < 4.78 is 35.2. The molecule has 10 heteroatoms. The van der Waals surface area contributed by atoms with Crippen molar-refractivity contribution in [3.63, 3.8) is 0 Å². The molecule has 1 aliphatic heterocycles. The van der Waals surface area contributed by atoms with E-state index in [9.17, 15) is 19.5 Å². The summed E-state index contributed by atoms with van der Waals surface area (Å²) in [5.74, 6) is -2.38. The van der Waals surface area contributed by atoms with Crippen LogP contribution in [0.3, 0.4) is 0 Å². The number of aliphatic hydroxyl groups is 1. The summed E-state index contributed by atoms with van der Waals surface area (Å²) in [7, 11) is 0. The number of furan rings is 2. The quantitative estimate of drug-likeness (QED) is 0.463. The third-order valence-electron chi connectivity index (χ3n) is 8.62. The lowest BCUT2D eigenvalue weighted by atomic mass is 9.47. The van der Waals surface area contributed by atoms with E-state index in [0.717, 1.165) is 0 Å². The predicted octanol–water partition coefficient (Wildman–Crippen LogP) is 3.67. The summed E-state index contributed by atoms with van der Waals surface area (Å²) >= 11 is 0. The van der Waals surface area contributed by atoms with Gasteiger partial charge in [0.2, 0.25) is 11.5 Å². The van der Waals surface area contributed by atoms with E-state index in [1.165, 1.54) is 31.6 Å². The van der Waals surface area contributed by atoms with Crippen LogP contribution in [0.15, 0.2) is 45.6 Å². The number of ether oxygens (including phenoxy) is 4. The molecule has 0 radical (unpaired) electrons. The standard InChI is InChI=1S/C27H32O10/c1-15(28)34-19-10-11-25(4,31)27-21(36-23(30)18-9-7-13-33-18)16(24(2,3)37-27)14-20(26(19,27)5)35-22(29)17-8-6-12-32-17/h6-9,12-13,16,19-21,31H,10-11,14H2,1-5H3/t16-,19+,20+,21+,25+,26+,27+/m1/s1. The van der Waals surface area contributed by atoms with Gasteiger partial charge in [0, 0.05) is 12.8 Å². The van der Waals surface area contributed by atoms with Crippen LogP contribution in [-0.4, -0.2) is 58.1 Å². The maximum absolute atomic E-state index is 13.1. The van der Waals surface area contributed by atoms with E-state index < -0.39 is 64.4 Å². The van der Waals surface area contributed by atoms with E-state index in [2.05, 4.69) is 0 Å². The third kappa shape index (κ3) is 3.64. The van der Waals surface area contributed by atoms with Gasteiger partial charge in [0.1, 0.15) is 23.9 Å². The maximum Gasteiger partial charge on any atom is 0.374 e. The van der Waals surface area contributed by atoms with E-state index in [4.69, 9.17) is 27.8 Å². The van der Waals surface area contributed by atoms with Crippen molar-refractivity contribution in [2.24, 2.45) is 11.3 Å². The zero-order valence-corrected chi connectivity index (χ0v) is 21.5. The number of carbonyl (C=O) groups excluding carboxylic acids is 3. The van der Waals surface area contributed by atoms with Gasteiger partial charge in [-0.3, -0.25) is 4.79 Å². The molecule has 2 aliphatic carbocycles. The van der Waals surface area contributed by atoms with E-state index in [1.807, 2.05) is 13.8 Å². The van der Waals surface area contributed by atoms with Crippen molar-refractivity contribution in [3.8, 4) is 0 Å². The number of fused-ring (bicyclic) bond motifs is 1. The number of rotatable bonds is 5. The number of esters is 3. The SMILES string of the molecule is CC(=O)O[C@H]1CC[C@](C)(O)[C@]23OC(C)(C)[C@H](C[C@H](OC(=O)c4ccco4)[C@]12C)[C@@H]3OC(=O)c1ccco1. The average molecular weight is 517 g/mol. The van der Waals surface area contributed by atoms with Crippen molar-refractivity contribution in [1.82, 2.24) is 0 Å². The molecule has 7 atom stereocenters. The molecule has 5 rings (SSSR count). The highest BCUT2D eigenvalue weighted by atomic mass is 16.6. The molecule has 0 unspecified atom stereocenters. The zero-order valence-electron chi connectivity index (χ0n) is 21.5. The smallest absolute Gasteiger partial charge is 0.374 e. The van der Waals surface area contributed by atoms with E-state index in [0.29, 0.717) is 0 Å². The molecule has 3 fully saturated rings. The Balaban J connectivity index is 1.65. The largest absolute Gasteiger partial charge is 0.462 e. The summed E-state index contributed by atoms with van der Waals surface area (Å²) in [5, 5.41) is 12.0. The molecular formula is C27H32O10. The molecule has 1 N–H and O–H groups in total. The van der Waals surface area contributed by atoms with Gasteiger partial charge in [0.15, 0.2) is 0 Å². The molecule has 1 spiro atoms. The second kappa shape index (κ2) is 8.46. The number of carbonyl (C=O) groups is 3. The highest BCUT2D eigenvalue weighted by Crippen LogP contribution is 2.68. The predicted molar refractivity (Wildman–Crippen MR) is 125 cm³/mol. The first-order chi connectivity index (χ1) is 17.3. The molecule has 10 nitrogen and oxygen atoms in total. The van der Waals surface area contributed by atoms with Gasteiger partial charge in [-0.2, -0.15) is 0 Å². The van der Waals surface area contributed by atoms with Gasteiger partial charge in [-0.25, -0.2) is 9.59 Å². The summed E-state index contributed by atoms with van der Waals surface area (Å²) in [6, 6.07) is 6.14. The Morgan fingerprint density at radius 1 is 0.919 bits per heavy atom. The lowest BCUT2D eigenvalue weighted by Crippen LogP contribution is -2.79. The van der Waals surface area contributed by atoms with Crippen LogP contribution in [0, 0.1) is 11.3 Å². The molecular weight excluding hydrogens is 484 g/mol. The fourth-order valence-corrected chi connectivity index (χ4v) is 6.94. The van der Waals surface area contributed by atoms with Crippen molar-refractivity contribution in [2.75, 3.05) is 0 Å². The Hall–Kier alpha value is -3.11. The van der Waals surface area contributed by atoms with Gasteiger partial charge in [-0.1, -0.05) is 0 Å². The minimum absolute atomic E-state index is 0.00803. The average Bonchev–Trinajstić information content (AvgIpc) is 3.55. The van der Waals surface area contributed by atoms with Gasteiger partial charge in [0.25, 0.3) is 0 Å². The summed E-state index contributed by atoms with van der Waals surface area (Å²) in [4.78, 5) is 38.4. The molecule has 2 saturated carbocycles. The Kier molecular flexibility index (Phi) is 5.84. The van der Waals surface area contributed by atoms with Gasteiger partial charge in [0.05, 0.1) is 29.1 Å². The van der Waals surface area contributed by atoms with Crippen LogP contribution in [0.5, 0.6) is 0 Å². The second-order valence-electron chi connectivity index (χ2n) is 11.2. The lowest BCUT2D eigenvalue weighted by Gasteiger charge is -2.64. The van der Waals surface area contributed by atoms with Gasteiger partial charge >= 0.3 is 17.9 Å². The molecule has 2 aromatic heterocycles. The third-order valence-corrected chi connectivity index (χ3v) is 8.62. The highest BCUT2D eigenvalue weighted by Gasteiger charge is 2.82. The van der Waals surface area contributed by atoms with Crippen molar-refractivity contribution in [3.05, 3.63) is 48.3 Å². The van der Waals surface area contributed by atoms with Crippen molar-refractivity contribution < 1.29 is 47.3 Å². The highest BCUT2D eigenvalue weighted by molar-refractivity contribution is 5.87. The van der Waals surface area contributed by atoms with Gasteiger partial charge in [-0.05, 0) is 71.2 Å². The Morgan fingerprint density at radius 2 is 1.51 bits per heavy atom. The van der Waals surface area contributed by atoms with E-state index in [-0.39, 0.29) is 30.8 Å². The first kappa shape index (κ1) is 25.5. The molecule has 200 valence electrons. The van der Waals surface area contributed by atoms with E-state index in [1.54, 1.807) is 26.0 Å². The molecule has 0 aromatic carbocycles. The van der Waals surface area contributed by atoms with Crippen LogP contribution in [0.4, 0.5) is 0 Å². The summed E-state index contributed by atoms with van der Waals surface area (Å²) in [6.45, 7) is 8.38. The molecule has 0 amide bonds. The molecule has 2 aromatic rings. The van der Waals surface area contributed by atoms with E-state index >= 15 is 0 Å². The summed E-state index contributed by atoms with van der Waals surface area (Å²) in [6.07, 6.45) is 0.800. The topological polar surface area (TPSA) is 135 Å². The molecule has 1 saturated heterocycles. The fraction of sp³-hybridized carbons (Fsp3) is 0.593. The minimum Gasteiger partial charge on any atom is -0.462 e. The van der Waals surface area contributed by atoms with Crippen LogP contribution in [-0.2, 0) is 23.7 Å². The first-order valence-electron chi connectivity index (χ1n) is 12.4. The lowest BCUT2D eigenvalue weighted by molar-refractivity contribution is -0.326. The molecule has 37 heavy (non-hydrogen) atoms. The Morgan fingerprint density at radius 3 is 2.05 bits per heavy atom. The number of hydrogen-bond acceptors (Lipinski definition) is 10. The first-order valence-corrected chi connectivity index (χ1v) is 12.4. The van der Waals surface area contributed by atoms with Crippen LogP contribution in [0.1, 0.15) is 75.0 Å². The minimum atomic E-state index is -1.60. The second-order valence-corrected chi connectivity index (χ2v) is 11.2. The summed E-state index contributed by atoms with van der Waals surface area (Å²) in [5.41, 5.74) is -5.35. The monoisotopic (exact) mass is 516 g/mol. The molecule has 3 aliphatic rings. The molecule has 2 bridgehead atoms. The zero-order chi connectivity index (χ0) is 26.8. The maximum atomic E-state index is 13.1. The van der Waals surface area contributed by atoms with Gasteiger partial charge in [-0.15, -0.1) is 0 Å². The Labute approximate surface area is 214 Å².